The number of fused-ring (bicyclic) bond motifs is 1. The summed E-state index contributed by atoms with van der Waals surface area (Å²) in [6.45, 7) is 0.555. The predicted molar refractivity (Wildman–Crippen MR) is 92.2 cm³/mol. The first-order valence-electron chi connectivity index (χ1n) is 7.05. The third kappa shape index (κ3) is 3.00. The highest BCUT2D eigenvalue weighted by Crippen LogP contribution is 2.29. The molecule has 0 amide bonds. The van der Waals surface area contributed by atoms with Crippen LogP contribution < -0.4 is 4.90 Å². The SMILES string of the molecule is CSc1ccc(CN(C)c2nc3ccccn3c2[N+](=O)[O-])cc1. The zero-order chi connectivity index (χ0) is 16.4. The van der Waals surface area contributed by atoms with Gasteiger partial charge in [-0.05, 0) is 34.9 Å². The molecule has 0 N–H and O–H groups in total. The molecule has 1 aromatic carbocycles. The molecule has 0 aliphatic rings. The maximum atomic E-state index is 11.5. The first-order chi connectivity index (χ1) is 11.1. The number of hydrogen-bond acceptors (Lipinski definition) is 5. The van der Waals surface area contributed by atoms with Crippen LogP contribution in [-0.2, 0) is 6.54 Å². The van der Waals surface area contributed by atoms with Gasteiger partial charge in [0.2, 0.25) is 11.5 Å². The number of imidazole rings is 1. The number of nitrogens with zero attached hydrogens (tertiary/aromatic N) is 4. The van der Waals surface area contributed by atoms with Crippen molar-refractivity contribution in [1.82, 2.24) is 9.38 Å². The topological polar surface area (TPSA) is 63.7 Å². The van der Waals surface area contributed by atoms with Crippen molar-refractivity contribution in [3.8, 4) is 0 Å². The van der Waals surface area contributed by atoms with Crippen molar-refractivity contribution in [1.29, 1.82) is 0 Å². The summed E-state index contributed by atoms with van der Waals surface area (Å²) in [5, 5.41) is 11.5. The fraction of sp³-hybridized carbons (Fsp3) is 0.188. The molecule has 0 atom stereocenters. The van der Waals surface area contributed by atoms with Crippen molar-refractivity contribution in [3.05, 3.63) is 64.3 Å². The molecule has 0 radical (unpaired) electrons. The molecule has 0 unspecified atom stereocenters. The molecule has 2 heterocycles. The van der Waals surface area contributed by atoms with Gasteiger partial charge < -0.3 is 15.0 Å². The summed E-state index contributed by atoms with van der Waals surface area (Å²) in [6, 6.07) is 13.5. The first-order valence-corrected chi connectivity index (χ1v) is 8.28. The number of aromatic nitrogens is 2. The van der Waals surface area contributed by atoms with Gasteiger partial charge in [0, 0.05) is 24.6 Å². The minimum atomic E-state index is -0.386. The Morgan fingerprint density at radius 1 is 1.26 bits per heavy atom. The molecular weight excluding hydrogens is 312 g/mol. The van der Waals surface area contributed by atoms with Crippen LogP contribution in [-0.4, -0.2) is 27.6 Å². The lowest BCUT2D eigenvalue weighted by Crippen LogP contribution is -2.18. The standard InChI is InChI=1S/C16H16N4O2S/c1-18(11-12-6-8-13(23-2)9-7-12)15-16(20(21)22)19-10-4-3-5-14(19)17-15/h3-10H,11H2,1-2H3. The molecule has 0 aliphatic heterocycles. The molecule has 0 fully saturated rings. The van der Waals surface area contributed by atoms with Crippen LogP contribution in [0.5, 0.6) is 0 Å². The van der Waals surface area contributed by atoms with E-state index in [4.69, 9.17) is 0 Å². The fourth-order valence-electron chi connectivity index (χ4n) is 2.48. The predicted octanol–water partition coefficient (Wildman–Crippen LogP) is 3.60. The van der Waals surface area contributed by atoms with Crippen LogP contribution in [0.3, 0.4) is 0 Å². The molecule has 0 spiro atoms. The van der Waals surface area contributed by atoms with Crippen LogP contribution in [0, 0.1) is 10.1 Å². The van der Waals surface area contributed by atoms with Gasteiger partial charge in [-0.3, -0.25) is 0 Å². The number of nitro groups is 1. The Labute approximate surface area is 137 Å². The van der Waals surface area contributed by atoms with Crippen LogP contribution in [0.1, 0.15) is 5.56 Å². The quantitative estimate of drug-likeness (QED) is 0.407. The van der Waals surface area contributed by atoms with Gasteiger partial charge in [-0.2, -0.15) is 9.38 Å². The summed E-state index contributed by atoms with van der Waals surface area (Å²) >= 11 is 1.68. The van der Waals surface area contributed by atoms with Gasteiger partial charge in [0.25, 0.3) is 0 Å². The number of thioether (sulfide) groups is 1. The number of pyridine rings is 1. The van der Waals surface area contributed by atoms with Crippen LogP contribution in [0.2, 0.25) is 0 Å². The van der Waals surface area contributed by atoms with Gasteiger partial charge in [0.05, 0.1) is 6.20 Å². The maximum Gasteiger partial charge on any atom is 0.372 e. The van der Waals surface area contributed by atoms with E-state index in [9.17, 15) is 10.1 Å². The Morgan fingerprint density at radius 2 is 2.00 bits per heavy atom. The molecule has 118 valence electrons. The molecule has 2 aromatic heterocycles. The largest absolute Gasteiger partial charge is 0.372 e. The van der Waals surface area contributed by atoms with E-state index in [0.29, 0.717) is 18.0 Å². The Morgan fingerprint density at radius 3 is 2.65 bits per heavy atom. The molecule has 23 heavy (non-hydrogen) atoms. The van der Waals surface area contributed by atoms with Gasteiger partial charge in [-0.1, -0.05) is 18.2 Å². The highest BCUT2D eigenvalue weighted by atomic mass is 32.2. The van der Waals surface area contributed by atoms with E-state index in [-0.39, 0.29) is 10.7 Å². The summed E-state index contributed by atoms with van der Waals surface area (Å²) in [5.41, 5.74) is 1.65. The molecular formula is C16H16N4O2S. The molecule has 7 heteroatoms. The summed E-state index contributed by atoms with van der Waals surface area (Å²) in [6.07, 6.45) is 3.69. The normalized spacial score (nSPS) is 10.9. The summed E-state index contributed by atoms with van der Waals surface area (Å²) in [4.78, 5) is 18.5. The van der Waals surface area contributed by atoms with Gasteiger partial charge >= 0.3 is 5.82 Å². The van der Waals surface area contributed by atoms with Gasteiger partial charge in [-0.25, -0.2) is 0 Å². The van der Waals surface area contributed by atoms with E-state index >= 15 is 0 Å². The minimum absolute atomic E-state index is 0.0103. The number of hydrogen-bond donors (Lipinski definition) is 0. The highest BCUT2D eigenvalue weighted by Gasteiger charge is 2.25. The fourth-order valence-corrected chi connectivity index (χ4v) is 2.88. The molecule has 6 nitrogen and oxygen atoms in total. The van der Waals surface area contributed by atoms with Crippen molar-refractivity contribution < 1.29 is 4.92 Å². The summed E-state index contributed by atoms with van der Waals surface area (Å²) in [5.74, 6) is 0.360. The van der Waals surface area contributed by atoms with E-state index in [1.807, 2.05) is 43.6 Å². The smallest absolute Gasteiger partial charge is 0.358 e. The lowest BCUT2D eigenvalue weighted by atomic mass is 10.2. The van der Waals surface area contributed by atoms with Crippen molar-refractivity contribution in [2.75, 3.05) is 18.2 Å². The second kappa shape index (κ2) is 6.29. The number of anilines is 1. The van der Waals surface area contributed by atoms with E-state index in [2.05, 4.69) is 4.98 Å². The van der Waals surface area contributed by atoms with Gasteiger partial charge in [0.15, 0.2) is 0 Å². The lowest BCUT2D eigenvalue weighted by molar-refractivity contribution is -0.389. The average Bonchev–Trinajstić information content (AvgIpc) is 2.95. The van der Waals surface area contributed by atoms with E-state index in [1.165, 1.54) is 9.30 Å². The maximum absolute atomic E-state index is 11.5. The van der Waals surface area contributed by atoms with Crippen molar-refractivity contribution in [3.63, 3.8) is 0 Å². The monoisotopic (exact) mass is 328 g/mol. The Bertz CT molecular complexity index is 845. The minimum Gasteiger partial charge on any atom is -0.358 e. The Balaban J connectivity index is 1.95. The zero-order valence-electron chi connectivity index (χ0n) is 12.8. The third-order valence-corrected chi connectivity index (χ3v) is 4.34. The van der Waals surface area contributed by atoms with Crippen LogP contribution in [0.15, 0.2) is 53.6 Å². The number of rotatable bonds is 5. The third-order valence-electron chi connectivity index (χ3n) is 3.60. The Kier molecular flexibility index (Phi) is 4.20. The van der Waals surface area contributed by atoms with E-state index in [1.54, 1.807) is 35.0 Å². The molecule has 3 aromatic rings. The second-order valence-corrected chi connectivity index (χ2v) is 6.03. The van der Waals surface area contributed by atoms with Crippen LogP contribution in [0.4, 0.5) is 11.6 Å². The number of benzene rings is 1. The molecule has 0 bridgehead atoms. The first kappa shape index (κ1) is 15.4. The van der Waals surface area contributed by atoms with Gasteiger partial charge in [-0.15, -0.1) is 11.8 Å². The Hall–Kier alpha value is -2.54. The highest BCUT2D eigenvalue weighted by molar-refractivity contribution is 7.98. The molecule has 0 saturated carbocycles. The lowest BCUT2D eigenvalue weighted by Gasteiger charge is -2.16. The van der Waals surface area contributed by atoms with Crippen molar-refractivity contribution >= 4 is 29.0 Å². The second-order valence-electron chi connectivity index (χ2n) is 5.15. The van der Waals surface area contributed by atoms with Gasteiger partial charge in [0.1, 0.15) is 0 Å². The van der Waals surface area contributed by atoms with Crippen molar-refractivity contribution in [2.45, 2.75) is 11.4 Å². The van der Waals surface area contributed by atoms with Crippen molar-refractivity contribution in [2.24, 2.45) is 0 Å². The van der Waals surface area contributed by atoms with E-state index < -0.39 is 0 Å². The summed E-state index contributed by atoms with van der Waals surface area (Å²) in [7, 11) is 1.82. The average molecular weight is 328 g/mol. The molecule has 0 aliphatic carbocycles. The zero-order valence-corrected chi connectivity index (χ0v) is 13.7. The van der Waals surface area contributed by atoms with E-state index in [0.717, 1.165) is 5.56 Å². The summed E-state index contributed by atoms with van der Waals surface area (Å²) < 4.78 is 1.50. The molecule has 3 rings (SSSR count). The molecule has 0 saturated heterocycles. The van der Waals surface area contributed by atoms with Crippen LogP contribution in [0.25, 0.3) is 5.65 Å². The van der Waals surface area contributed by atoms with Crippen LogP contribution >= 0.6 is 11.8 Å².